The Morgan fingerprint density at radius 2 is 1.71 bits per heavy atom. The summed E-state index contributed by atoms with van der Waals surface area (Å²) in [4.78, 5) is 26.9. The molecule has 0 bridgehead atoms. The van der Waals surface area contributed by atoms with E-state index in [2.05, 4.69) is 15.3 Å². The first kappa shape index (κ1) is 11.5. The average Bonchev–Trinajstić information content (AvgIpc) is 2.63. The molecule has 0 unspecified atom stereocenters. The second kappa shape index (κ2) is 4.92. The Labute approximate surface area is 102 Å². The maximum Gasteiger partial charge on any atom is 0.266 e. The first-order valence-electron chi connectivity index (χ1n) is 4.86. The molecular formula is C10H8ClN3O3. The Hall–Kier alpha value is -1.95. The minimum absolute atomic E-state index is 0.148. The number of hydrogen-bond acceptors (Lipinski definition) is 5. The van der Waals surface area contributed by atoms with E-state index in [0.717, 1.165) is 0 Å². The van der Waals surface area contributed by atoms with Gasteiger partial charge in [0, 0.05) is 17.9 Å². The number of carbonyl (C=O) groups is 2. The van der Waals surface area contributed by atoms with Gasteiger partial charge >= 0.3 is 0 Å². The summed E-state index contributed by atoms with van der Waals surface area (Å²) in [5.74, 6) is -0.824. The molecule has 2 rings (SSSR count). The van der Waals surface area contributed by atoms with Crippen LogP contribution in [0.15, 0.2) is 34.7 Å². The molecule has 0 saturated carbocycles. The van der Waals surface area contributed by atoms with Gasteiger partial charge in [-0.3, -0.25) is 9.59 Å². The molecule has 1 aromatic rings. The topological polar surface area (TPSA) is 71.3 Å². The standard InChI is InChI=1S/C10H8ClN3O3/c11-7-1-3-8(4-2-7)12-13-17-14-9(15)5-6-10(14)16/h1-4H,5-6H2. The zero-order valence-corrected chi connectivity index (χ0v) is 9.42. The molecule has 0 aromatic heterocycles. The van der Waals surface area contributed by atoms with Gasteiger partial charge in [-0.05, 0) is 24.3 Å². The first-order chi connectivity index (χ1) is 8.16. The molecule has 1 heterocycles. The summed E-state index contributed by atoms with van der Waals surface area (Å²) >= 11 is 5.69. The highest BCUT2D eigenvalue weighted by Gasteiger charge is 2.31. The van der Waals surface area contributed by atoms with Gasteiger partial charge in [-0.1, -0.05) is 16.7 Å². The van der Waals surface area contributed by atoms with E-state index in [9.17, 15) is 9.59 Å². The number of amides is 2. The zero-order valence-electron chi connectivity index (χ0n) is 8.67. The van der Waals surface area contributed by atoms with Crippen molar-refractivity contribution in [3.63, 3.8) is 0 Å². The van der Waals surface area contributed by atoms with E-state index >= 15 is 0 Å². The summed E-state index contributed by atoms with van der Waals surface area (Å²) in [7, 11) is 0. The van der Waals surface area contributed by atoms with E-state index < -0.39 is 11.8 Å². The molecule has 2 amide bonds. The minimum atomic E-state index is -0.412. The lowest BCUT2D eigenvalue weighted by Crippen LogP contribution is -2.26. The lowest BCUT2D eigenvalue weighted by molar-refractivity contribution is -0.190. The summed E-state index contributed by atoms with van der Waals surface area (Å²) in [6.07, 6.45) is 0.296. The summed E-state index contributed by atoms with van der Waals surface area (Å²) < 4.78 is 0. The highest BCUT2D eigenvalue weighted by Crippen LogP contribution is 2.17. The summed E-state index contributed by atoms with van der Waals surface area (Å²) in [5.41, 5.74) is 0.508. The predicted octanol–water partition coefficient (Wildman–Crippen LogP) is 2.42. The third-order valence-electron chi connectivity index (χ3n) is 2.11. The molecule has 0 atom stereocenters. The molecule has 6 nitrogen and oxygen atoms in total. The molecule has 0 N–H and O–H groups in total. The number of carbonyl (C=O) groups excluding carboxylic acids is 2. The Kier molecular flexibility index (Phi) is 3.34. The van der Waals surface area contributed by atoms with Crippen molar-refractivity contribution < 1.29 is 14.5 Å². The SMILES string of the molecule is O=C1CCC(=O)N1ON=Nc1ccc(Cl)cc1. The van der Waals surface area contributed by atoms with E-state index in [-0.39, 0.29) is 12.8 Å². The molecule has 88 valence electrons. The number of halogens is 1. The van der Waals surface area contributed by atoms with E-state index in [4.69, 9.17) is 11.6 Å². The third-order valence-corrected chi connectivity index (χ3v) is 2.36. The normalized spacial score (nSPS) is 15.9. The maximum atomic E-state index is 11.1. The minimum Gasteiger partial charge on any atom is -0.271 e. The quantitative estimate of drug-likeness (QED) is 0.472. The van der Waals surface area contributed by atoms with E-state index in [1.807, 2.05) is 0 Å². The van der Waals surface area contributed by atoms with Gasteiger partial charge < -0.3 is 0 Å². The number of nitrogens with zero attached hydrogens (tertiary/aromatic N) is 3. The highest BCUT2D eigenvalue weighted by atomic mass is 35.5. The van der Waals surface area contributed by atoms with Crippen molar-refractivity contribution in [1.29, 1.82) is 0 Å². The maximum absolute atomic E-state index is 11.1. The zero-order chi connectivity index (χ0) is 12.3. The Morgan fingerprint density at radius 1 is 1.12 bits per heavy atom. The molecule has 0 radical (unpaired) electrons. The lowest BCUT2D eigenvalue weighted by Gasteiger charge is -2.06. The Bertz CT molecular complexity index is 456. The van der Waals surface area contributed by atoms with Crippen LogP contribution in [0.2, 0.25) is 5.02 Å². The second-order valence-electron chi connectivity index (χ2n) is 3.32. The summed E-state index contributed by atoms with van der Waals surface area (Å²) in [6.45, 7) is 0. The number of hydroxylamine groups is 2. The van der Waals surface area contributed by atoms with Gasteiger partial charge in [0.05, 0.1) is 11.0 Å². The summed E-state index contributed by atoms with van der Waals surface area (Å²) in [5, 5.41) is 8.19. The van der Waals surface area contributed by atoms with Crippen LogP contribution >= 0.6 is 11.6 Å². The van der Waals surface area contributed by atoms with Crippen molar-refractivity contribution in [3.05, 3.63) is 29.3 Å². The molecule has 1 aliphatic rings. The largest absolute Gasteiger partial charge is 0.271 e. The molecular weight excluding hydrogens is 246 g/mol. The molecule has 1 fully saturated rings. The number of benzene rings is 1. The third kappa shape index (κ3) is 2.79. The van der Waals surface area contributed by atoms with Crippen molar-refractivity contribution in [2.45, 2.75) is 12.8 Å². The molecule has 0 aliphatic carbocycles. The van der Waals surface area contributed by atoms with Crippen LogP contribution < -0.4 is 0 Å². The number of imide groups is 1. The van der Waals surface area contributed by atoms with Gasteiger partial charge in [0.15, 0.2) is 0 Å². The molecule has 7 heteroatoms. The van der Waals surface area contributed by atoms with Crippen LogP contribution in [0.5, 0.6) is 0 Å². The van der Waals surface area contributed by atoms with E-state index in [1.54, 1.807) is 24.3 Å². The first-order valence-corrected chi connectivity index (χ1v) is 5.24. The predicted molar refractivity (Wildman–Crippen MR) is 58.1 cm³/mol. The molecule has 1 aromatic carbocycles. The second-order valence-corrected chi connectivity index (χ2v) is 3.76. The van der Waals surface area contributed by atoms with Gasteiger partial charge in [-0.15, -0.1) is 5.11 Å². The lowest BCUT2D eigenvalue weighted by atomic mass is 10.3. The van der Waals surface area contributed by atoms with Crippen molar-refractivity contribution in [2.75, 3.05) is 0 Å². The van der Waals surface area contributed by atoms with Gasteiger partial charge in [0.25, 0.3) is 11.8 Å². The van der Waals surface area contributed by atoms with Crippen LogP contribution in [-0.2, 0) is 14.5 Å². The fourth-order valence-electron chi connectivity index (χ4n) is 1.26. The van der Waals surface area contributed by atoms with E-state index in [0.29, 0.717) is 15.8 Å². The average molecular weight is 254 g/mol. The molecule has 17 heavy (non-hydrogen) atoms. The van der Waals surface area contributed by atoms with Gasteiger partial charge in [0.1, 0.15) is 0 Å². The molecule has 0 spiro atoms. The Morgan fingerprint density at radius 3 is 2.29 bits per heavy atom. The van der Waals surface area contributed by atoms with Crippen LogP contribution in [0.4, 0.5) is 5.69 Å². The van der Waals surface area contributed by atoms with Crippen LogP contribution in [-0.4, -0.2) is 16.9 Å². The number of hydrogen-bond donors (Lipinski definition) is 0. The van der Waals surface area contributed by atoms with Gasteiger partial charge in [0.2, 0.25) is 0 Å². The van der Waals surface area contributed by atoms with Crippen LogP contribution in [0.1, 0.15) is 12.8 Å². The Balaban J connectivity index is 1.95. The van der Waals surface area contributed by atoms with Crippen LogP contribution in [0, 0.1) is 0 Å². The van der Waals surface area contributed by atoms with E-state index in [1.165, 1.54) is 0 Å². The molecule has 1 saturated heterocycles. The molecule has 1 aliphatic heterocycles. The van der Waals surface area contributed by atoms with Crippen LogP contribution in [0.3, 0.4) is 0 Å². The van der Waals surface area contributed by atoms with Crippen molar-refractivity contribution >= 4 is 29.1 Å². The van der Waals surface area contributed by atoms with Gasteiger partial charge in [-0.25, -0.2) is 4.94 Å². The monoisotopic (exact) mass is 253 g/mol. The van der Waals surface area contributed by atoms with Crippen molar-refractivity contribution in [1.82, 2.24) is 5.06 Å². The van der Waals surface area contributed by atoms with Crippen molar-refractivity contribution in [3.8, 4) is 0 Å². The highest BCUT2D eigenvalue weighted by molar-refractivity contribution is 6.30. The summed E-state index contributed by atoms with van der Waals surface area (Å²) in [6, 6.07) is 6.54. The van der Waals surface area contributed by atoms with Gasteiger partial charge in [-0.2, -0.15) is 0 Å². The van der Waals surface area contributed by atoms with Crippen molar-refractivity contribution in [2.24, 2.45) is 10.4 Å². The number of rotatable bonds is 3. The fourth-order valence-corrected chi connectivity index (χ4v) is 1.38. The van der Waals surface area contributed by atoms with Crippen LogP contribution in [0.25, 0.3) is 0 Å². The fraction of sp³-hybridized carbons (Fsp3) is 0.200. The smallest absolute Gasteiger partial charge is 0.266 e.